The number of nitroso groups, excluding NO2 is 1. The summed E-state index contributed by atoms with van der Waals surface area (Å²) in [6, 6.07) is 0. The van der Waals surface area contributed by atoms with E-state index in [1.54, 1.807) is 0 Å². The van der Waals surface area contributed by atoms with E-state index in [-0.39, 0.29) is 18.8 Å². The molecule has 5 heteroatoms. The van der Waals surface area contributed by atoms with Crippen molar-refractivity contribution in [2.24, 2.45) is 16.1 Å². The van der Waals surface area contributed by atoms with Gasteiger partial charge >= 0.3 is 0 Å². The van der Waals surface area contributed by atoms with Crippen molar-refractivity contribution in [3.8, 4) is 0 Å². The van der Waals surface area contributed by atoms with Crippen LogP contribution in [0.4, 0.5) is 0 Å². The zero-order valence-corrected chi connectivity index (χ0v) is 4.24. The van der Waals surface area contributed by atoms with Gasteiger partial charge in [0.15, 0.2) is 0 Å². The molecule has 46 valence electrons. The van der Waals surface area contributed by atoms with Crippen molar-refractivity contribution >= 4 is 5.84 Å². The maximum absolute atomic E-state index is 9.38. The molecule has 0 amide bonds. The fourth-order valence-corrected chi connectivity index (χ4v) is 0.210. The van der Waals surface area contributed by atoms with Crippen molar-refractivity contribution in [3.05, 3.63) is 4.91 Å². The third kappa shape index (κ3) is 3.08. The first-order chi connectivity index (χ1) is 3.81. The Bertz CT molecular complexity index is 101. The molecule has 0 bridgehead atoms. The third-order valence-corrected chi connectivity index (χ3v) is 0.588. The predicted molar refractivity (Wildman–Crippen MR) is 28.7 cm³/mol. The van der Waals surface area contributed by atoms with E-state index in [1.807, 2.05) is 0 Å². The summed E-state index contributed by atoms with van der Waals surface area (Å²) in [6.07, 6.45) is 0.222. The van der Waals surface area contributed by atoms with E-state index in [0.717, 1.165) is 0 Å². The van der Waals surface area contributed by atoms with Gasteiger partial charge in [-0.3, -0.25) is 0 Å². The van der Waals surface area contributed by atoms with Crippen molar-refractivity contribution in [2.75, 3.05) is 6.54 Å². The second-order valence-corrected chi connectivity index (χ2v) is 1.19. The Morgan fingerprint density at radius 3 is 2.75 bits per heavy atom. The fourth-order valence-electron chi connectivity index (χ4n) is 0.210. The van der Waals surface area contributed by atoms with Gasteiger partial charge in [0.25, 0.3) is 0 Å². The van der Waals surface area contributed by atoms with Gasteiger partial charge in [-0.15, -0.1) is 0 Å². The monoisotopic (exact) mass is 117 g/mol. The van der Waals surface area contributed by atoms with E-state index >= 15 is 0 Å². The molecule has 0 aliphatic rings. The molecule has 0 atom stereocenters. The Kier molecular flexibility index (Phi) is 3.47. The summed E-state index contributed by atoms with van der Waals surface area (Å²) < 4.78 is 0. The molecule has 0 aromatic carbocycles. The number of nitrogens with two attached hydrogens (primary N) is 1. The molecule has 0 radical (unpaired) electrons. The second-order valence-electron chi connectivity index (χ2n) is 1.19. The molecular weight excluding hydrogens is 110 g/mol. The van der Waals surface area contributed by atoms with Gasteiger partial charge in [0.05, 0.1) is 6.54 Å². The topological polar surface area (TPSA) is 88.0 Å². The van der Waals surface area contributed by atoms with E-state index in [1.165, 1.54) is 0 Å². The lowest BCUT2D eigenvalue weighted by atomic mass is 10.4. The summed E-state index contributed by atoms with van der Waals surface area (Å²) in [4.78, 5) is 9.38. The lowest BCUT2D eigenvalue weighted by molar-refractivity contribution is 0.317. The Morgan fingerprint density at radius 2 is 2.38 bits per heavy atom. The molecule has 5 nitrogen and oxygen atoms in total. The zero-order valence-electron chi connectivity index (χ0n) is 4.24. The number of rotatable bonds is 3. The van der Waals surface area contributed by atoms with Crippen LogP contribution in [-0.4, -0.2) is 17.6 Å². The highest BCUT2D eigenvalue weighted by Gasteiger charge is 1.89. The first-order valence-corrected chi connectivity index (χ1v) is 2.06. The Balaban J connectivity index is 3.24. The number of nitrogens with zero attached hydrogens (tertiary/aromatic N) is 2. The summed E-state index contributed by atoms with van der Waals surface area (Å²) in [7, 11) is 0. The van der Waals surface area contributed by atoms with Gasteiger partial charge in [0.1, 0.15) is 5.84 Å². The number of oxime groups is 1. The van der Waals surface area contributed by atoms with Gasteiger partial charge in [0, 0.05) is 6.42 Å². The summed E-state index contributed by atoms with van der Waals surface area (Å²) in [5, 5.41) is 13.0. The molecule has 0 aromatic heterocycles. The highest BCUT2D eigenvalue weighted by atomic mass is 16.4. The zero-order chi connectivity index (χ0) is 6.41. The molecule has 0 unspecified atom stereocenters. The van der Waals surface area contributed by atoms with Crippen LogP contribution in [0.25, 0.3) is 0 Å². The minimum atomic E-state index is 0.0320. The molecule has 3 N–H and O–H groups in total. The van der Waals surface area contributed by atoms with E-state index in [0.29, 0.717) is 0 Å². The van der Waals surface area contributed by atoms with Crippen LogP contribution in [-0.2, 0) is 0 Å². The molecule has 0 aromatic rings. The largest absolute Gasteiger partial charge is 0.409 e. The van der Waals surface area contributed by atoms with Crippen LogP contribution < -0.4 is 5.73 Å². The average molecular weight is 117 g/mol. The first-order valence-electron chi connectivity index (χ1n) is 2.06. The molecule has 0 spiro atoms. The molecule has 0 rings (SSSR count). The van der Waals surface area contributed by atoms with Gasteiger partial charge in [-0.1, -0.05) is 10.3 Å². The SMILES string of the molecule is NC(CCN=O)=NO. The van der Waals surface area contributed by atoms with Crippen LogP contribution in [0.5, 0.6) is 0 Å². The first kappa shape index (κ1) is 6.87. The Morgan fingerprint density at radius 1 is 1.75 bits per heavy atom. The molecular formula is C3H7N3O2. The summed E-state index contributed by atoms with van der Waals surface area (Å²) in [5.41, 5.74) is 4.96. The smallest absolute Gasteiger partial charge is 0.141 e. The van der Waals surface area contributed by atoms with Crippen molar-refractivity contribution in [1.29, 1.82) is 0 Å². The Hall–Kier alpha value is -1.13. The van der Waals surface area contributed by atoms with Crippen LogP contribution in [0.1, 0.15) is 6.42 Å². The molecule has 0 aliphatic carbocycles. The second kappa shape index (κ2) is 4.04. The van der Waals surface area contributed by atoms with Crippen LogP contribution in [0, 0.1) is 4.91 Å². The van der Waals surface area contributed by atoms with Crippen LogP contribution in [0.15, 0.2) is 10.3 Å². The maximum atomic E-state index is 9.38. The quantitative estimate of drug-likeness (QED) is 0.178. The van der Waals surface area contributed by atoms with Crippen molar-refractivity contribution in [3.63, 3.8) is 0 Å². The minimum Gasteiger partial charge on any atom is -0.409 e. The third-order valence-electron chi connectivity index (χ3n) is 0.588. The van der Waals surface area contributed by atoms with E-state index in [2.05, 4.69) is 10.3 Å². The maximum Gasteiger partial charge on any atom is 0.141 e. The highest BCUT2D eigenvalue weighted by molar-refractivity contribution is 5.79. The molecule has 0 aliphatic heterocycles. The summed E-state index contributed by atoms with van der Waals surface area (Å²) in [5.74, 6) is 0.0320. The number of amidine groups is 1. The van der Waals surface area contributed by atoms with Crippen LogP contribution in [0.3, 0.4) is 0 Å². The van der Waals surface area contributed by atoms with Crippen molar-refractivity contribution in [2.45, 2.75) is 6.42 Å². The molecule has 0 fully saturated rings. The summed E-state index contributed by atoms with van der Waals surface area (Å²) in [6.45, 7) is 0.0654. The van der Waals surface area contributed by atoms with Gasteiger partial charge in [-0.05, 0) is 0 Å². The van der Waals surface area contributed by atoms with Gasteiger partial charge in [-0.25, -0.2) is 0 Å². The van der Waals surface area contributed by atoms with Crippen LogP contribution >= 0.6 is 0 Å². The van der Waals surface area contributed by atoms with Gasteiger partial charge in [0.2, 0.25) is 0 Å². The van der Waals surface area contributed by atoms with Crippen molar-refractivity contribution < 1.29 is 5.21 Å². The van der Waals surface area contributed by atoms with E-state index in [9.17, 15) is 4.91 Å². The number of hydrogen-bond donors (Lipinski definition) is 2. The van der Waals surface area contributed by atoms with Crippen molar-refractivity contribution in [1.82, 2.24) is 0 Å². The van der Waals surface area contributed by atoms with Crippen LogP contribution in [0.2, 0.25) is 0 Å². The Labute approximate surface area is 46.1 Å². The van der Waals surface area contributed by atoms with E-state index < -0.39 is 0 Å². The predicted octanol–water partition coefficient (Wildman–Crippen LogP) is -0.111. The standard InChI is InChI=1S/C3H7N3O2/c4-3(6-8)1-2-5-7/h8H,1-2H2,(H2,4,6). The molecule has 0 saturated carbocycles. The summed E-state index contributed by atoms with van der Waals surface area (Å²) >= 11 is 0. The molecule has 0 heterocycles. The van der Waals surface area contributed by atoms with Gasteiger partial charge < -0.3 is 10.9 Å². The fraction of sp³-hybridized carbons (Fsp3) is 0.667. The lowest BCUT2D eigenvalue weighted by Gasteiger charge is -1.87. The van der Waals surface area contributed by atoms with E-state index in [4.69, 9.17) is 10.9 Å². The minimum absolute atomic E-state index is 0.0320. The number of hydrogen-bond acceptors (Lipinski definition) is 4. The molecule has 0 saturated heterocycles. The lowest BCUT2D eigenvalue weighted by Crippen LogP contribution is -2.12. The van der Waals surface area contributed by atoms with Gasteiger partial charge in [-0.2, -0.15) is 4.91 Å². The normalized spacial score (nSPS) is 11.2. The molecule has 8 heavy (non-hydrogen) atoms. The highest BCUT2D eigenvalue weighted by Crippen LogP contribution is 1.78. The average Bonchev–Trinajstić information content (AvgIpc) is 1.83.